The number of aromatic nitrogens is 1. The van der Waals surface area contributed by atoms with Crippen LogP contribution in [0.1, 0.15) is 25.7 Å². The van der Waals surface area contributed by atoms with Crippen molar-refractivity contribution in [1.29, 1.82) is 0 Å². The van der Waals surface area contributed by atoms with E-state index in [2.05, 4.69) is 4.98 Å². The molecule has 1 fully saturated rings. The minimum atomic E-state index is -0.560. The number of Topliss-reactive ketones (excluding diaryl/α,β-unsaturated/α-hetero) is 1. The summed E-state index contributed by atoms with van der Waals surface area (Å²) in [6.45, 7) is 0. The van der Waals surface area contributed by atoms with Crippen molar-refractivity contribution in [3.63, 3.8) is 0 Å². The van der Waals surface area contributed by atoms with Crippen LogP contribution in [-0.2, 0) is 14.3 Å². The number of ether oxygens (including phenoxy) is 1. The van der Waals surface area contributed by atoms with Gasteiger partial charge in [-0.15, -0.1) is 0 Å². The molecule has 1 aromatic heterocycles. The molecule has 21 heavy (non-hydrogen) atoms. The van der Waals surface area contributed by atoms with Gasteiger partial charge in [0.25, 0.3) is 5.22 Å². The number of hydrogen-bond donors (Lipinski definition) is 0. The Labute approximate surface area is 126 Å². The number of para-hydroxylation sites is 2. The Kier molecular flexibility index (Phi) is 4.24. The van der Waals surface area contributed by atoms with E-state index >= 15 is 0 Å². The zero-order valence-electron chi connectivity index (χ0n) is 11.4. The van der Waals surface area contributed by atoms with Gasteiger partial charge in [-0.25, -0.2) is 4.98 Å². The van der Waals surface area contributed by atoms with Gasteiger partial charge in [-0.05, 0) is 31.4 Å². The van der Waals surface area contributed by atoms with Crippen LogP contribution in [0.25, 0.3) is 11.1 Å². The number of carbonyl (C=O) groups is 2. The summed E-state index contributed by atoms with van der Waals surface area (Å²) in [4.78, 5) is 27.7. The molecule has 0 radical (unpaired) electrons. The van der Waals surface area contributed by atoms with Gasteiger partial charge in [-0.2, -0.15) is 0 Å². The molecule has 1 aliphatic carbocycles. The van der Waals surface area contributed by atoms with Gasteiger partial charge in [-0.3, -0.25) is 9.59 Å². The second kappa shape index (κ2) is 6.30. The number of nitrogens with zero attached hydrogens (tertiary/aromatic N) is 1. The number of fused-ring (bicyclic) bond motifs is 1. The molecule has 0 unspecified atom stereocenters. The minimum absolute atomic E-state index is 0.0291. The Bertz CT molecular complexity index is 633. The Morgan fingerprint density at radius 1 is 1.38 bits per heavy atom. The van der Waals surface area contributed by atoms with Crippen LogP contribution in [0, 0.1) is 0 Å². The fraction of sp³-hybridized carbons (Fsp3) is 0.400. The van der Waals surface area contributed by atoms with Crippen LogP contribution < -0.4 is 0 Å². The maximum atomic E-state index is 11.8. The summed E-state index contributed by atoms with van der Waals surface area (Å²) in [6.07, 6.45) is 2.41. The largest absolute Gasteiger partial charge is 0.454 e. The Balaban J connectivity index is 1.54. The summed E-state index contributed by atoms with van der Waals surface area (Å²) in [5, 5.41) is 0.433. The molecule has 1 aliphatic rings. The highest BCUT2D eigenvalue weighted by molar-refractivity contribution is 7.99. The number of oxazole rings is 1. The van der Waals surface area contributed by atoms with E-state index in [9.17, 15) is 9.59 Å². The molecular formula is C15H15NO4S. The summed E-state index contributed by atoms with van der Waals surface area (Å²) in [5.74, 6) is -0.277. The van der Waals surface area contributed by atoms with E-state index in [-0.39, 0.29) is 11.5 Å². The van der Waals surface area contributed by atoms with Gasteiger partial charge in [0.05, 0.1) is 0 Å². The van der Waals surface area contributed by atoms with Gasteiger partial charge in [0.1, 0.15) is 11.3 Å². The fourth-order valence-corrected chi connectivity index (χ4v) is 2.92. The normalized spacial score (nSPS) is 18.9. The second-order valence-corrected chi connectivity index (χ2v) is 5.85. The first-order valence-corrected chi connectivity index (χ1v) is 7.91. The molecule has 0 saturated heterocycles. The minimum Gasteiger partial charge on any atom is -0.454 e. The van der Waals surface area contributed by atoms with Gasteiger partial charge in [0.2, 0.25) is 0 Å². The Morgan fingerprint density at radius 3 is 3.05 bits per heavy atom. The Hall–Kier alpha value is -1.82. The SMILES string of the molecule is O=C(CSc1nc2ccccc2o1)O[C@@H]1CCCCC1=O. The summed E-state index contributed by atoms with van der Waals surface area (Å²) >= 11 is 1.18. The Morgan fingerprint density at radius 2 is 2.24 bits per heavy atom. The maximum Gasteiger partial charge on any atom is 0.317 e. The van der Waals surface area contributed by atoms with Crippen LogP contribution in [0.2, 0.25) is 0 Å². The standard InChI is InChI=1S/C15H15NO4S/c17-11-6-2-4-8-13(11)19-14(18)9-21-15-16-10-5-1-3-7-12(10)20-15/h1,3,5,7,13H,2,4,6,8-9H2/t13-/m1/s1. The average Bonchev–Trinajstić information content (AvgIpc) is 2.90. The monoisotopic (exact) mass is 305 g/mol. The summed E-state index contributed by atoms with van der Waals surface area (Å²) in [5.41, 5.74) is 1.45. The molecular weight excluding hydrogens is 290 g/mol. The van der Waals surface area contributed by atoms with Crippen LogP contribution in [0.3, 0.4) is 0 Å². The van der Waals surface area contributed by atoms with Crippen molar-refractivity contribution >= 4 is 34.6 Å². The number of ketones is 1. The molecule has 0 N–H and O–H groups in total. The summed E-state index contributed by atoms with van der Waals surface area (Å²) in [7, 11) is 0. The van der Waals surface area contributed by atoms with E-state index in [0.717, 1.165) is 18.4 Å². The lowest BCUT2D eigenvalue weighted by Crippen LogP contribution is -2.30. The van der Waals surface area contributed by atoms with Crippen molar-refractivity contribution < 1.29 is 18.7 Å². The first kappa shape index (κ1) is 14.1. The smallest absolute Gasteiger partial charge is 0.317 e. The van der Waals surface area contributed by atoms with Gasteiger partial charge in [-0.1, -0.05) is 23.9 Å². The van der Waals surface area contributed by atoms with Crippen molar-refractivity contribution in [1.82, 2.24) is 4.98 Å². The van der Waals surface area contributed by atoms with E-state index in [1.807, 2.05) is 24.3 Å². The van der Waals surface area contributed by atoms with E-state index in [1.165, 1.54) is 11.8 Å². The van der Waals surface area contributed by atoms with E-state index in [0.29, 0.717) is 23.6 Å². The first-order chi connectivity index (χ1) is 10.2. The molecule has 1 atom stereocenters. The molecule has 1 saturated carbocycles. The molecule has 3 rings (SSSR count). The summed E-state index contributed by atoms with van der Waals surface area (Å²) in [6, 6.07) is 7.42. The predicted molar refractivity (Wildman–Crippen MR) is 78.1 cm³/mol. The zero-order valence-corrected chi connectivity index (χ0v) is 12.2. The van der Waals surface area contributed by atoms with Crippen molar-refractivity contribution in [3.8, 4) is 0 Å². The van der Waals surface area contributed by atoms with Crippen molar-refractivity contribution in [2.75, 3.05) is 5.75 Å². The number of hydrogen-bond acceptors (Lipinski definition) is 6. The molecule has 1 aromatic carbocycles. The number of esters is 1. The molecule has 6 heteroatoms. The topological polar surface area (TPSA) is 69.4 Å². The molecule has 0 aliphatic heterocycles. The third kappa shape index (κ3) is 3.44. The number of benzene rings is 1. The summed E-state index contributed by atoms with van der Waals surface area (Å²) < 4.78 is 10.7. The lowest BCUT2D eigenvalue weighted by atomic mass is 9.96. The van der Waals surface area contributed by atoms with Crippen LogP contribution in [0.5, 0.6) is 0 Å². The molecule has 0 spiro atoms. The highest BCUT2D eigenvalue weighted by Crippen LogP contribution is 2.24. The highest BCUT2D eigenvalue weighted by atomic mass is 32.2. The van der Waals surface area contributed by atoms with E-state index < -0.39 is 12.1 Å². The van der Waals surface area contributed by atoms with Gasteiger partial charge in [0, 0.05) is 6.42 Å². The lowest BCUT2D eigenvalue weighted by molar-refractivity contribution is -0.154. The predicted octanol–water partition coefficient (Wildman–Crippen LogP) is 2.97. The zero-order chi connectivity index (χ0) is 14.7. The molecule has 1 heterocycles. The first-order valence-electron chi connectivity index (χ1n) is 6.93. The van der Waals surface area contributed by atoms with Crippen LogP contribution in [-0.4, -0.2) is 28.6 Å². The van der Waals surface area contributed by atoms with Gasteiger partial charge >= 0.3 is 5.97 Å². The van der Waals surface area contributed by atoms with Crippen LogP contribution in [0.15, 0.2) is 33.9 Å². The van der Waals surface area contributed by atoms with Crippen molar-refractivity contribution in [2.24, 2.45) is 0 Å². The lowest BCUT2D eigenvalue weighted by Gasteiger charge is -2.20. The third-order valence-corrected chi connectivity index (χ3v) is 4.16. The van der Waals surface area contributed by atoms with Crippen molar-refractivity contribution in [2.45, 2.75) is 37.0 Å². The molecule has 0 amide bonds. The number of thioether (sulfide) groups is 1. The molecule has 2 aromatic rings. The van der Waals surface area contributed by atoms with Crippen molar-refractivity contribution in [3.05, 3.63) is 24.3 Å². The average molecular weight is 305 g/mol. The number of rotatable bonds is 4. The molecule has 5 nitrogen and oxygen atoms in total. The second-order valence-electron chi connectivity index (χ2n) is 4.93. The van der Waals surface area contributed by atoms with E-state index in [4.69, 9.17) is 9.15 Å². The molecule has 110 valence electrons. The quantitative estimate of drug-likeness (QED) is 0.639. The van der Waals surface area contributed by atoms with Gasteiger partial charge in [0.15, 0.2) is 17.5 Å². The van der Waals surface area contributed by atoms with Gasteiger partial charge < -0.3 is 9.15 Å². The van der Waals surface area contributed by atoms with E-state index in [1.54, 1.807) is 0 Å². The third-order valence-electron chi connectivity index (χ3n) is 3.36. The maximum absolute atomic E-state index is 11.8. The fourth-order valence-electron chi connectivity index (χ4n) is 2.30. The van der Waals surface area contributed by atoms with Crippen LogP contribution >= 0.6 is 11.8 Å². The molecule has 0 bridgehead atoms. The number of carbonyl (C=O) groups excluding carboxylic acids is 2. The highest BCUT2D eigenvalue weighted by Gasteiger charge is 2.25. The van der Waals surface area contributed by atoms with Crippen LogP contribution in [0.4, 0.5) is 0 Å².